The number of nitro benzene ring substituents is 2. The molecule has 0 aliphatic carbocycles. The number of amides is 1. The number of halogens is 1. The van der Waals surface area contributed by atoms with E-state index in [2.05, 4.69) is 21.6 Å². The molecule has 0 aromatic heterocycles. The number of anilines is 2. The Morgan fingerprint density at radius 3 is 2.34 bits per heavy atom. The molecule has 0 aliphatic heterocycles. The number of methoxy groups -OCH3 is 1. The van der Waals surface area contributed by atoms with Crippen molar-refractivity contribution in [2.45, 2.75) is 26.7 Å². The molecule has 0 aliphatic rings. The molecular weight excluding hydrogens is 465 g/mol. The number of azo groups is 1. The molecule has 13 nitrogen and oxygen atoms in total. The summed E-state index contributed by atoms with van der Waals surface area (Å²) >= 11 is 0. The van der Waals surface area contributed by atoms with E-state index in [1.807, 2.05) is 11.8 Å². The molecule has 0 saturated carbocycles. The first-order chi connectivity index (χ1) is 16.6. The maximum Gasteiger partial charge on any atom is 0.311 e. The topological polar surface area (TPSA) is 176 Å². The number of hydrogen-bond acceptors (Lipinski definition) is 10. The second kappa shape index (κ2) is 12.0. The van der Waals surface area contributed by atoms with Crippen molar-refractivity contribution in [1.82, 2.24) is 0 Å². The van der Waals surface area contributed by atoms with E-state index in [0.29, 0.717) is 36.7 Å². The molecule has 0 unspecified atom stereocenters. The lowest BCUT2D eigenvalue weighted by atomic mass is 10.2. The molecule has 2 aromatic rings. The summed E-state index contributed by atoms with van der Waals surface area (Å²) in [6.45, 7) is 4.21. The fourth-order valence-corrected chi connectivity index (χ4v) is 3.16. The van der Waals surface area contributed by atoms with Crippen molar-refractivity contribution in [3.8, 4) is 11.8 Å². The standard InChI is InChI=1S/C21H22FN7O6/c1-4-7-27(8-5-6-23)20-10-15(24-13(2)30)16(11-21(20)35-3)25-26-17-9-14(22)18(28(31)32)12-19(17)29(33)34/h9-12H,4-5,7-8H2,1-3H3,(H,24,30). The van der Waals surface area contributed by atoms with Crippen LogP contribution in [0.5, 0.6) is 5.75 Å². The van der Waals surface area contributed by atoms with Crippen LogP contribution in [0, 0.1) is 37.4 Å². The third-order valence-corrected chi connectivity index (χ3v) is 4.64. The lowest BCUT2D eigenvalue weighted by molar-refractivity contribution is -0.395. The molecular formula is C21H22FN7O6. The highest BCUT2D eigenvalue weighted by atomic mass is 19.1. The smallest absolute Gasteiger partial charge is 0.311 e. The Morgan fingerprint density at radius 2 is 1.80 bits per heavy atom. The van der Waals surface area contributed by atoms with E-state index in [1.165, 1.54) is 20.1 Å². The summed E-state index contributed by atoms with van der Waals surface area (Å²) in [6, 6.07) is 6.06. The lowest BCUT2D eigenvalue weighted by Crippen LogP contribution is -2.25. The summed E-state index contributed by atoms with van der Waals surface area (Å²) in [5, 5.41) is 41.5. The summed E-state index contributed by atoms with van der Waals surface area (Å²) < 4.78 is 19.5. The molecule has 2 aromatic carbocycles. The van der Waals surface area contributed by atoms with Gasteiger partial charge in [-0.1, -0.05) is 6.92 Å². The number of nitriles is 1. The van der Waals surface area contributed by atoms with Gasteiger partial charge in [0.15, 0.2) is 5.69 Å². The van der Waals surface area contributed by atoms with Crippen LogP contribution in [0.4, 0.5) is 38.5 Å². The minimum atomic E-state index is -1.32. The van der Waals surface area contributed by atoms with E-state index in [1.54, 1.807) is 6.07 Å². The molecule has 2 rings (SSSR count). The Labute approximate surface area is 199 Å². The third kappa shape index (κ3) is 6.67. The number of rotatable bonds is 11. The predicted octanol–water partition coefficient (Wildman–Crippen LogP) is 5.15. The fourth-order valence-electron chi connectivity index (χ4n) is 3.16. The van der Waals surface area contributed by atoms with Gasteiger partial charge in [-0.15, -0.1) is 10.2 Å². The van der Waals surface area contributed by atoms with E-state index < -0.39 is 38.6 Å². The van der Waals surface area contributed by atoms with Gasteiger partial charge in [-0.25, -0.2) is 0 Å². The van der Waals surface area contributed by atoms with E-state index in [9.17, 15) is 29.4 Å². The quantitative estimate of drug-likeness (QED) is 0.257. The van der Waals surface area contributed by atoms with Gasteiger partial charge in [-0.05, 0) is 12.5 Å². The first-order valence-electron chi connectivity index (χ1n) is 10.3. The van der Waals surface area contributed by atoms with Crippen LogP contribution in [0.25, 0.3) is 0 Å². The average molecular weight is 487 g/mol. The molecule has 0 bridgehead atoms. The maximum absolute atomic E-state index is 14.1. The molecule has 184 valence electrons. The normalized spacial score (nSPS) is 10.6. The van der Waals surface area contributed by atoms with Crippen LogP contribution >= 0.6 is 0 Å². The highest BCUT2D eigenvalue weighted by Gasteiger charge is 2.25. The molecule has 0 fully saturated rings. The van der Waals surface area contributed by atoms with Gasteiger partial charge in [-0.3, -0.25) is 25.0 Å². The van der Waals surface area contributed by atoms with Crippen LogP contribution in [0.1, 0.15) is 26.7 Å². The first kappa shape index (κ1) is 26.6. The van der Waals surface area contributed by atoms with Crippen molar-refractivity contribution >= 4 is 40.0 Å². The van der Waals surface area contributed by atoms with Crippen LogP contribution in [-0.4, -0.2) is 36.0 Å². The van der Waals surface area contributed by atoms with Gasteiger partial charge >= 0.3 is 11.4 Å². The molecule has 1 N–H and O–H groups in total. The van der Waals surface area contributed by atoms with Crippen molar-refractivity contribution in [3.05, 3.63) is 50.3 Å². The molecule has 14 heteroatoms. The third-order valence-electron chi connectivity index (χ3n) is 4.64. The molecule has 0 spiro atoms. The largest absolute Gasteiger partial charge is 0.494 e. The number of benzene rings is 2. The molecule has 0 saturated heterocycles. The number of carbonyl (C=O) groups is 1. The van der Waals surface area contributed by atoms with E-state index in [-0.39, 0.29) is 17.8 Å². The van der Waals surface area contributed by atoms with Crippen molar-refractivity contribution in [3.63, 3.8) is 0 Å². The van der Waals surface area contributed by atoms with Crippen LogP contribution in [0.3, 0.4) is 0 Å². The highest BCUT2D eigenvalue weighted by molar-refractivity contribution is 5.93. The van der Waals surface area contributed by atoms with Crippen molar-refractivity contribution < 1.29 is 23.8 Å². The predicted molar refractivity (Wildman–Crippen MR) is 124 cm³/mol. The SMILES string of the molecule is CCCN(CCC#N)c1cc(NC(C)=O)c(N=Nc2cc(F)c([N+](=O)[O-])cc2[N+](=O)[O-])cc1OC. The Morgan fingerprint density at radius 1 is 1.14 bits per heavy atom. The number of ether oxygens (including phenoxy) is 1. The minimum Gasteiger partial charge on any atom is -0.494 e. The second-order valence-electron chi connectivity index (χ2n) is 7.12. The van der Waals surface area contributed by atoms with Gasteiger partial charge < -0.3 is 15.0 Å². The summed E-state index contributed by atoms with van der Waals surface area (Å²) in [6.07, 6.45) is 1.01. The van der Waals surface area contributed by atoms with Crippen LogP contribution < -0.4 is 15.0 Å². The van der Waals surface area contributed by atoms with Gasteiger partial charge in [0, 0.05) is 32.1 Å². The molecule has 0 radical (unpaired) electrons. The summed E-state index contributed by atoms with van der Waals surface area (Å²) in [7, 11) is 1.41. The Hall–Kier alpha value is -4.67. The Bertz CT molecular complexity index is 1210. The van der Waals surface area contributed by atoms with Gasteiger partial charge in [0.1, 0.15) is 11.4 Å². The highest BCUT2D eigenvalue weighted by Crippen LogP contribution is 2.41. The Balaban J connectivity index is 2.64. The molecule has 0 atom stereocenters. The first-order valence-corrected chi connectivity index (χ1v) is 10.3. The lowest BCUT2D eigenvalue weighted by Gasteiger charge is -2.26. The number of nitrogens with one attached hydrogen (secondary N) is 1. The van der Waals surface area contributed by atoms with Crippen LogP contribution in [0.2, 0.25) is 0 Å². The number of hydrogen-bond donors (Lipinski definition) is 1. The summed E-state index contributed by atoms with van der Waals surface area (Å²) in [4.78, 5) is 33.9. The zero-order valence-corrected chi connectivity index (χ0v) is 19.1. The monoisotopic (exact) mass is 487 g/mol. The van der Waals surface area contributed by atoms with Gasteiger partial charge in [0.2, 0.25) is 11.7 Å². The van der Waals surface area contributed by atoms with Crippen LogP contribution in [-0.2, 0) is 4.79 Å². The maximum atomic E-state index is 14.1. The fraction of sp³-hybridized carbons (Fsp3) is 0.333. The molecule has 1 amide bonds. The van der Waals surface area contributed by atoms with Crippen LogP contribution in [0.15, 0.2) is 34.5 Å². The summed E-state index contributed by atoms with van der Waals surface area (Å²) in [5.74, 6) is -1.44. The second-order valence-corrected chi connectivity index (χ2v) is 7.12. The van der Waals surface area contributed by atoms with E-state index in [4.69, 9.17) is 10.00 Å². The van der Waals surface area contributed by atoms with Crippen molar-refractivity contribution in [1.29, 1.82) is 5.26 Å². The zero-order chi connectivity index (χ0) is 26.1. The number of nitro groups is 2. The van der Waals surface area contributed by atoms with Crippen molar-refractivity contribution in [2.24, 2.45) is 10.2 Å². The molecule has 35 heavy (non-hydrogen) atoms. The van der Waals surface area contributed by atoms with Gasteiger partial charge in [0.25, 0.3) is 0 Å². The zero-order valence-electron chi connectivity index (χ0n) is 19.1. The van der Waals surface area contributed by atoms with Crippen molar-refractivity contribution in [2.75, 3.05) is 30.4 Å². The Kier molecular flexibility index (Phi) is 9.10. The summed E-state index contributed by atoms with van der Waals surface area (Å²) in [5.41, 5.74) is -1.67. The van der Waals surface area contributed by atoms with E-state index in [0.717, 1.165) is 6.42 Å². The molecule has 0 heterocycles. The number of nitrogens with zero attached hydrogens (tertiary/aromatic N) is 6. The minimum absolute atomic E-state index is 0.0330. The number of carbonyl (C=O) groups excluding carboxylic acids is 1. The average Bonchev–Trinajstić information content (AvgIpc) is 2.79. The van der Waals surface area contributed by atoms with E-state index >= 15 is 0 Å². The van der Waals surface area contributed by atoms with Gasteiger partial charge in [-0.2, -0.15) is 9.65 Å². The van der Waals surface area contributed by atoms with Gasteiger partial charge in [0.05, 0.1) is 46.9 Å².